The molecular formula is C13H17Cl3N2O. The van der Waals surface area contributed by atoms with Crippen molar-refractivity contribution in [3.63, 3.8) is 0 Å². The predicted octanol–water partition coefficient (Wildman–Crippen LogP) is 3.03. The number of carbonyl (C=O) groups excluding carboxylic acids is 1. The van der Waals surface area contributed by atoms with Gasteiger partial charge in [-0.1, -0.05) is 29.3 Å². The normalized spacial score (nSPS) is 15.7. The van der Waals surface area contributed by atoms with Crippen LogP contribution in [-0.4, -0.2) is 19.0 Å². The Balaban J connectivity index is 0.00000180. The predicted molar refractivity (Wildman–Crippen MR) is 81.2 cm³/mol. The van der Waals surface area contributed by atoms with Gasteiger partial charge in [-0.05, 0) is 43.6 Å². The van der Waals surface area contributed by atoms with Crippen molar-refractivity contribution >= 4 is 41.5 Å². The number of halogens is 3. The van der Waals surface area contributed by atoms with Crippen LogP contribution in [-0.2, 0) is 11.3 Å². The van der Waals surface area contributed by atoms with Crippen LogP contribution in [0.1, 0.15) is 18.4 Å². The Hall–Kier alpha value is -0.480. The van der Waals surface area contributed by atoms with Gasteiger partial charge in [0.25, 0.3) is 0 Å². The molecule has 1 heterocycles. The number of rotatable bonds is 3. The molecule has 0 aliphatic carbocycles. The second kappa shape index (κ2) is 7.95. The fourth-order valence-electron chi connectivity index (χ4n) is 2.08. The summed E-state index contributed by atoms with van der Waals surface area (Å²) in [4.78, 5) is 11.9. The quantitative estimate of drug-likeness (QED) is 0.898. The van der Waals surface area contributed by atoms with Crippen molar-refractivity contribution in [2.45, 2.75) is 19.4 Å². The van der Waals surface area contributed by atoms with E-state index in [9.17, 15) is 4.79 Å². The molecule has 0 saturated carbocycles. The maximum atomic E-state index is 11.9. The highest BCUT2D eigenvalue weighted by Gasteiger charge is 2.20. The summed E-state index contributed by atoms with van der Waals surface area (Å²) in [6, 6.07) is 5.31. The van der Waals surface area contributed by atoms with Crippen LogP contribution in [0.3, 0.4) is 0 Å². The van der Waals surface area contributed by atoms with Gasteiger partial charge in [0.05, 0.1) is 0 Å². The first-order valence-corrected chi connectivity index (χ1v) is 6.85. The molecule has 0 unspecified atom stereocenters. The van der Waals surface area contributed by atoms with Crippen molar-refractivity contribution in [1.29, 1.82) is 0 Å². The molecule has 0 bridgehead atoms. The summed E-state index contributed by atoms with van der Waals surface area (Å²) >= 11 is 11.9. The number of benzene rings is 1. The van der Waals surface area contributed by atoms with Gasteiger partial charge < -0.3 is 10.6 Å². The summed E-state index contributed by atoms with van der Waals surface area (Å²) in [6.45, 7) is 2.29. The van der Waals surface area contributed by atoms with Crippen molar-refractivity contribution in [3.05, 3.63) is 33.8 Å². The second-order valence-corrected chi connectivity index (χ2v) is 5.32. The molecule has 0 atom stereocenters. The fourth-order valence-corrected chi connectivity index (χ4v) is 2.55. The minimum absolute atomic E-state index is 0. The third-order valence-corrected chi connectivity index (χ3v) is 3.77. The van der Waals surface area contributed by atoms with Gasteiger partial charge in [0.2, 0.25) is 5.91 Å². The van der Waals surface area contributed by atoms with Crippen molar-refractivity contribution in [2.24, 2.45) is 5.92 Å². The lowest BCUT2D eigenvalue weighted by Gasteiger charge is -2.21. The van der Waals surface area contributed by atoms with Crippen LogP contribution >= 0.6 is 35.6 Å². The second-order valence-electron chi connectivity index (χ2n) is 4.48. The van der Waals surface area contributed by atoms with E-state index in [1.165, 1.54) is 0 Å². The summed E-state index contributed by atoms with van der Waals surface area (Å²) in [6.07, 6.45) is 1.81. The highest BCUT2D eigenvalue weighted by atomic mass is 35.5. The van der Waals surface area contributed by atoms with Gasteiger partial charge in [-0.2, -0.15) is 0 Å². The van der Waals surface area contributed by atoms with E-state index in [1.807, 2.05) is 6.07 Å². The molecule has 1 fully saturated rings. The molecule has 1 aliphatic rings. The molecule has 2 rings (SSSR count). The van der Waals surface area contributed by atoms with E-state index in [1.54, 1.807) is 12.1 Å². The van der Waals surface area contributed by atoms with Crippen LogP contribution in [0.5, 0.6) is 0 Å². The molecule has 1 aliphatic heterocycles. The Morgan fingerprint density at radius 2 is 2.00 bits per heavy atom. The van der Waals surface area contributed by atoms with Gasteiger partial charge in [-0.15, -0.1) is 12.4 Å². The number of hydrogen-bond donors (Lipinski definition) is 2. The van der Waals surface area contributed by atoms with Crippen molar-refractivity contribution in [1.82, 2.24) is 10.6 Å². The Bertz CT molecular complexity index is 434. The molecule has 0 spiro atoms. The maximum Gasteiger partial charge on any atom is 0.223 e. The monoisotopic (exact) mass is 322 g/mol. The average molecular weight is 324 g/mol. The van der Waals surface area contributed by atoms with Crippen LogP contribution < -0.4 is 10.6 Å². The molecule has 0 radical (unpaired) electrons. The number of hydrogen-bond acceptors (Lipinski definition) is 2. The third-order valence-electron chi connectivity index (χ3n) is 3.18. The Kier molecular flexibility index (Phi) is 6.94. The average Bonchev–Trinajstić information content (AvgIpc) is 2.38. The minimum atomic E-state index is 0. The third kappa shape index (κ3) is 4.84. The van der Waals surface area contributed by atoms with Crippen molar-refractivity contribution < 1.29 is 4.79 Å². The highest BCUT2D eigenvalue weighted by Crippen LogP contribution is 2.21. The van der Waals surface area contributed by atoms with E-state index in [0.29, 0.717) is 16.6 Å². The van der Waals surface area contributed by atoms with Crippen molar-refractivity contribution in [2.75, 3.05) is 13.1 Å². The minimum Gasteiger partial charge on any atom is -0.352 e. The molecule has 1 aromatic rings. The summed E-state index contributed by atoms with van der Waals surface area (Å²) in [5, 5.41) is 7.37. The summed E-state index contributed by atoms with van der Waals surface area (Å²) in [7, 11) is 0. The number of amides is 1. The van der Waals surface area contributed by atoms with Gasteiger partial charge in [-0.25, -0.2) is 0 Å². The first-order valence-electron chi connectivity index (χ1n) is 6.09. The molecule has 3 nitrogen and oxygen atoms in total. The van der Waals surface area contributed by atoms with Crippen LogP contribution in [0, 0.1) is 5.92 Å². The van der Waals surface area contributed by atoms with E-state index >= 15 is 0 Å². The highest BCUT2D eigenvalue weighted by molar-refractivity contribution is 6.35. The van der Waals surface area contributed by atoms with Crippen LogP contribution in [0.25, 0.3) is 0 Å². The molecule has 0 aromatic heterocycles. The van der Waals surface area contributed by atoms with E-state index in [4.69, 9.17) is 23.2 Å². The topological polar surface area (TPSA) is 41.1 Å². The molecule has 6 heteroatoms. The summed E-state index contributed by atoms with van der Waals surface area (Å²) in [5.74, 6) is 0.236. The fraction of sp³-hybridized carbons (Fsp3) is 0.462. The van der Waals surface area contributed by atoms with Gasteiger partial charge in [0.1, 0.15) is 0 Å². The molecule has 1 amide bonds. The zero-order valence-corrected chi connectivity index (χ0v) is 12.7. The zero-order chi connectivity index (χ0) is 13.0. The number of nitrogens with one attached hydrogen (secondary N) is 2. The summed E-state index contributed by atoms with van der Waals surface area (Å²) in [5.41, 5.74) is 0.892. The van der Waals surface area contributed by atoms with E-state index in [-0.39, 0.29) is 24.2 Å². The van der Waals surface area contributed by atoms with Gasteiger partial charge in [0, 0.05) is 22.5 Å². The van der Waals surface area contributed by atoms with Crippen molar-refractivity contribution in [3.8, 4) is 0 Å². The van der Waals surface area contributed by atoms with Gasteiger partial charge >= 0.3 is 0 Å². The first-order chi connectivity index (χ1) is 8.66. The molecule has 2 N–H and O–H groups in total. The lowest BCUT2D eigenvalue weighted by atomic mass is 9.97. The summed E-state index contributed by atoms with van der Waals surface area (Å²) < 4.78 is 0. The SMILES string of the molecule is Cl.O=C(NCc1ccc(Cl)cc1Cl)C1CCNCC1. The van der Waals surface area contributed by atoms with Crippen LogP contribution in [0.15, 0.2) is 18.2 Å². The lowest BCUT2D eigenvalue weighted by molar-refractivity contribution is -0.125. The van der Waals surface area contributed by atoms with Gasteiger partial charge in [-0.3, -0.25) is 4.79 Å². The molecule has 1 saturated heterocycles. The van der Waals surface area contributed by atoms with E-state index in [2.05, 4.69) is 10.6 Å². The lowest BCUT2D eigenvalue weighted by Crippen LogP contribution is -2.37. The molecule has 1 aromatic carbocycles. The number of piperidine rings is 1. The largest absolute Gasteiger partial charge is 0.352 e. The van der Waals surface area contributed by atoms with E-state index in [0.717, 1.165) is 31.5 Å². The first kappa shape index (κ1) is 16.6. The van der Waals surface area contributed by atoms with Crippen LogP contribution in [0.4, 0.5) is 0 Å². The smallest absolute Gasteiger partial charge is 0.223 e. The number of carbonyl (C=O) groups is 1. The van der Waals surface area contributed by atoms with Crippen LogP contribution in [0.2, 0.25) is 10.0 Å². The standard InChI is InChI=1S/C13H16Cl2N2O.ClH/c14-11-2-1-10(12(15)7-11)8-17-13(18)9-3-5-16-6-4-9;/h1-2,7,9,16H,3-6,8H2,(H,17,18);1H. The Morgan fingerprint density at radius 1 is 1.32 bits per heavy atom. The Labute approximate surface area is 129 Å². The molecule has 19 heavy (non-hydrogen) atoms. The maximum absolute atomic E-state index is 11.9. The zero-order valence-electron chi connectivity index (χ0n) is 10.4. The molecular weight excluding hydrogens is 307 g/mol. The Morgan fingerprint density at radius 3 is 2.63 bits per heavy atom. The van der Waals surface area contributed by atoms with E-state index < -0.39 is 0 Å². The van der Waals surface area contributed by atoms with Gasteiger partial charge in [0.15, 0.2) is 0 Å². The molecule has 106 valence electrons.